The van der Waals surface area contributed by atoms with Gasteiger partial charge in [-0.1, -0.05) is 48.5 Å². The molecule has 0 radical (unpaired) electrons. The Morgan fingerprint density at radius 1 is 1.07 bits per heavy atom. The number of thiophene rings is 1. The van der Waals surface area contributed by atoms with Gasteiger partial charge in [-0.3, -0.25) is 14.5 Å². The highest BCUT2D eigenvalue weighted by Crippen LogP contribution is 2.37. The molecule has 4 rings (SSSR count). The second kappa shape index (κ2) is 9.47. The van der Waals surface area contributed by atoms with Crippen molar-refractivity contribution in [2.24, 2.45) is 5.73 Å². The van der Waals surface area contributed by atoms with E-state index in [1.54, 1.807) is 0 Å². The van der Waals surface area contributed by atoms with Crippen LogP contribution in [0.1, 0.15) is 26.4 Å². The van der Waals surface area contributed by atoms with Crippen molar-refractivity contribution in [2.45, 2.75) is 24.4 Å². The first kappa shape index (κ1) is 20.7. The van der Waals surface area contributed by atoms with Crippen LogP contribution in [0, 0.1) is 0 Å². The summed E-state index contributed by atoms with van der Waals surface area (Å²) < 4.78 is 0. The zero-order chi connectivity index (χ0) is 20.9. The Kier molecular flexibility index (Phi) is 6.52. The summed E-state index contributed by atoms with van der Waals surface area (Å²) in [6.45, 7) is 2.47. The molecule has 3 N–H and O–H groups in total. The Labute approximate surface area is 184 Å². The molecule has 2 aromatic carbocycles. The van der Waals surface area contributed by atoms with Gasteiger partial charge in [-0.05, 0) is 29.7 Å². The summed E-state index contributed by atoms with van der Waals surface area (Å²) in [6.07, 6.45) is 0.756. The van der Waals surface area contributed by atoms with E-state index in [0.29, 0.717) is 10.6 Å². The molecular weight excluding hydrogens is 414 g/mol. The van der Waals surface area contributed by atoms with Crippen LogP contribution in [0.5, 0.6) is 0 Å². The summed E-state index contributed by atoms with van der Waals surface area (Å²) in [6, 6.07) is 20.1. The minimum absolute atomic E-state index is 0.133. The van der Waals surface area contributed by atoms with Gasteiger partial charge in [0.15, 0.2) is 0 Å². The lowest BCUT2D eigenvalue weighted by Gasteiger charge is -2.27. The number of fused-ring (bicyclic) bond motifs is 1. The second-order valence-corrected chi connectivity index (χ2v) is 9.32. The number of nitrogens with zero attached hydrogens (tertiary/aromatic N) is 1. The predicted octanol–water partition coefficient (Wildman–Crippen LogP) is 4.14. The van der Waals surface area contributed by atoms with E-state index in [2.05, 4.69) is 22.3 Å². The molecule has 1 aliphatic heterocycles. The molecule has 30 heavy (non-hydrogen) atoms. The van der Waals surface area contributed by atoms with Crippen molar-refractivity contribution >= 4 is 39.9 Å². The smallest absolute Gasteiger partial charge is 0.251 e. The lowest BCUT2D eigenvalue weighted by Crippen LogP contribution is -2.30. The second-order valence-electron chi connectivity index (χ2n) is 7.17. The first-order valence-corrected chi connectivity index (χ1v) is 11.6. The third-order valence-corrected chi connectivity index (χ3v) is 7.14. The van der Waals surface area contributed by atoms with Gasteiger partial charge in [0.2, 0.25) is 5.91 Å². The van der Waals surface area contributed by atoms with Crippen LogP contribution in [0.2, 0.25) is 0 Å². The number of nitrogens with two attached hydrogens (primary N) is 1. The van der Waals surface area contributed by atoms with Crippen LogP contribution in [0.25, 0.3) is 0 Å². The van der Waals surface area contributed by atoms with Crippen molar-refractivity contribution in [3.05, 3.63) is 82.2 Å². The van der Waals surface area contributed by atoms with Crippen LogP contribution in [-0.2, 0) is 24.3 Å². The van der Waals surface area contributed by atoms with E-state index in [0.717, 1.165) is 41.4 Å². The number of carbonyl (C=O) groups is 2. The molecule has 0 atom stereocenters. The summed E-state index contributed by atoms with van der Waals surface area (Å²) in [5, 5.41) is 3.50. The molecule has 0 aliphatic carbocycles. The van der Waals surface area contributed by atoms with Gasteiger partial charge in [-0.2, -0.15) is 0 Å². The highest BCUT2D eigenvalue weighted by atomic mass is 32.2. The van der Waals surface area contributed by atoms with Crippen LogP contribution in [0.4, 0.5) is 5.00 Å². The van der Waals surface area contributed by atoms with Crippen molar-refractivity contribution in [3.63, 3.8) is 0 Å². The first-order chi connectivity index (χ1) is 14.6. The molecule has 1 aromatic heterocycles. The van der Waals surface area contributed by atoms with Gasteiger partial charge in [0.25, 0.3) is 5.91 Å². The van der Waals surface area contributed by atoms with Gasteiger partial charge in [-0.15, -0.1) is 23.1 Å². The number of carbonyl (C=O) groups excluding carboxylic acids is 2. The molecule has 1 aliphatic rings. The highest BCUT2D eigenvalue weighted by molar-refractivity contribution is 8.00. The lowest BCUT2D eigenvalue weighted by molar-refractivity contribution is -0.113. The molecule has 154 valence electrons. The molecule has 0 unspecified atom stereocenters. The molecule has 5 nitrogen and oxygen atoms in total. The maximum Gasteiger partial charge on any atom is 0.251 e. The fraction of sp³-hybridized carbons (Fsp3) is 0.217. The van der Waals surface area contributed by atoms with Crippen LogP contribution < -0.4 is 11.1 Å². The average Bonchev–Trinajstić information content (AvgIpc) is 3.11. The van der Waals surface area contributed by atoms with Crippen molar-refractivity contribution in [3.8, 4) is 0 Å². The van der Waals surface area contributed by atoms with Crippen LogP contribution >= 0.6 is 23.1 Å². The zero-order valence-electron chi connectivity index (χ0n) is 16.5. The highest BCUT2D eigenvalue weighted by Gasteiger charge is 2.27. The Morgan fingerprint density at radius 2 is 1.77 bits per heavy atom. The van der Waals surface area contributed by atoms with Gasteiger partial charge in [-0.25, -0.2) is 0 Å². The number of amides is 2. The maximum absolute atomic E-state index is 12.5. The van der Waals surface area contributed by atoms with E-state index in [1.165, 1.54) is 28.7 Å². The fourth-order valence-electron chi connectivity index (χ4n) is 3.61. The predicted molar refractivity (Wildman–Crippen MR) is 123 cm³/mol. The van der Waals surface area contributed by atoms with Gasteiger partial charge in [0, 0.05) is 29.4 Å². The Hall–Kier alpha value is -2.61. The third kappa shape index (κ3) is 4.92. The van der Waals surface area contributed by atoms with Crippen LogP contribution in [0.3, 0.4) is 0 Å². The standard InChI is InChI=1S/C23H23N3O2S2/c24-22(28)21-18-11-12-26(13-16-7-3-1-4-8-16)14-19(18)30-23(21)25-20(27)15-29-17-9-5-2-6-10-17/h1-10H,11-15H2,(H2,24,28)(H,25,27). The molecule has 7 heteroatoms. The van der Waals surface area contributed by atoms with Crippen molar-refractivity contribution in [1.82, 2.24) is 4.90 Å². The van der Waals surface area contributed by atoms with E-state index >= 15 is 0 Å². The number of thioether (sulfide) groups is 1. The Bertz CT molecular complexity index is 1040. The maximum atomic E-state index is 12.5. The number of primary amides is 1. The molecule has 0 saturated heterocycles. The summed E-state index contributed by atoms with van der Waals surface area (Å²) in [4.78, 5) is 29.1. The SMILES string of the molecule is NC(=O)c1c(NC(=O)CSc2ccccc2)sc2c1CCN(Cc1ccccc1)C2. The third-order valence-electron chi connectivity index (χ3n) is 5.00. The molecule has 0 saturated carbocycles. The van der Waals surface area contributed by atoms with Crippen molar-refractivity contribution < 1.29 is 9.59 Å². The van der Waals surface area contributed by atoms with E-state index in [9.17, 15) is 9.59 Å². The zero-order valence-corrected chi connectivity index (χ0v) is 18.1. The van der Waals surface area contributed by atoms with E-state index in [1.807, 2.05) is 48.5 Å². The minimum atomic E-state index is -0.477. The molecule has 2 heterocycles. The Morgan fingerprint density at radius 3 is 2.47 bits per heavy atom. The van der Waals surface area contributed by atoms with Crippen LogP contribution in [0.15, 0.2) is 65.6 Å². The molecule has 0 spiro atoms. The molecule has 2 amide bonds. The van der Waals surface area contributed by atoms with Crippen LogP contribution in [-0.4, -0.2) is 29.0 Å². The quantitative estimate of drug-likeness (QED) is 0.545. The number of benzene rings is 2. The summed E-state index contributed by atoms with van der Waals surface area (Å²) in [5.41, 5.74) is 8.41. The number of rotatable bonds is 7. The molecular formula is C23H23N3O2S2. The van der Waals surface area contributed by atoms with Crippen molar-refractivity contribution in [1.29, 1.82) is 0 Å². The summed E-state index contributed by atoms with van der Waals surface area (Å²) in [5.74, 6) is -0.327. The topological polar surface area (TPSA) is 75.4 Å². The van der Waals surface area contributed by atoms with Gasteiger partial charge in [0.05, 0.1) is 11.3 Å². The lowest BCUT2D eigenvalue weighted by atomic mass is 10.0. The minimum Gasteiger partial charge on any atom is -0.365 e. The normalized spacial score (nSPS) is 13.6. The molecule has 0 bridgehead atoms. The Balaban J connectivity index is 1.45. The average molecular weight is 438 g/mol. The van der Waals surface area contributed by atoms with E-state index < -0.39 is 5.91 Å². The molecule has 0 fully saturated rings. The van der Waals surface area contributed by atoms with E-state index in [-0.39, 0.29) is 11.7 Å². The summed E-state index contributed by atoms with van der Waals surface area (Å²) in [7, 11) is 0. The number of hydrogen-bond acceptors (Lipinski definition) is 5. The van der Waals surface area contributed by atoms with Gasteiger partial charge in [0.1, 0.15) is 5.00 Å². The molecule has 3 aromatic rings. The number of nitrogens with one attached hydrogen (secondary N) is 1. The van der Waals surface area contributed by atoms with Gasteiger partial charge < -0.3 is 11.1 Å². The first-order valence-electron chi connectivity index (χ1n) is 9.78. The number of hydrogen-bond donors (Lipinski definition) is 2. The van der Waals surface area contributed by atoms with Crippen molar-refractivity contribution in [2.75, 3.05) is 17.6 Å². The van der Waals surface area contributed by atoms with Gasteiger partial charge >= 0.3 is 0 Å². The fourth-order valence-corrected chi connectivity index (χ4v) is 5.64. The monoisotopic (exact) mass is 437 g/mol. The number of anilines is 1. The summed E-state index contributed by atoms with van der Waals surface area (Å²) >= 11 is 2.94. The van der Waals surface area contributed by atoms with E-state index in [4.69, 9.17) is 5.73 Å². The largest absolute Gasteiger partial charge is 0.365 e.